The summed E-state index contributed by atoms with van der Waals surface area (Å²) in [6.07, 6.45) is 0. The predicted octanol–water partition coefficient (Wildman–Crippen LogP) is 2.13. The second-order valence-corrected chi connectivity index (χ2v) is 5.78. The second-order valence-electron chi connectivity index (χ2n) is 5.78. The van der Waals surface area contributed by atoms with E-state index < -0.39 is 5.60 Å². The number of para-hydroxylation sites is 1. The van der Waals surface area contributed by atoms with Crippen molar-refractivity contribution in [3.8, 4) is 0 Å². The summed E-state index contributed by atoms with van der Waals surface area (Å²) < 4.78 is 0. The number of carbonyl (C=O) groups is 1. The van der Waals surface area contributed by atoms with E-state index in [0.717, 1.165) is 12.2 Å². The lowest BCUT2D eigenvalue weighted by atomic mass is 10.1. The molecule has 1 aromatic carbocycles. The lowest BCUT2D eigenvalue weighted by molar-refractivity contribution is -0.123. The number of amides is 1. The molecule has 0 bridgehead atoms. The van der Waals surface area contributed by atoms with Gasteiger partial charge in [0.15, 0.2) is 0 Å². The third-order valence-electron chi connectivity index (χ3n) is 3.38. The molecule has 0 fully saturated rings. The van der Waals surface area contributed by atoms with Gasteiger partial charge in [-0.05, 0) is 39.4 Å². The zero-order valence-electron chi connectivity index (χ0n) is 13.1. The lowest BCUT2D eigenvalue weighted by Gasteiger charge is -2.34. The van der Waals surface area contributed by atoms with Gasteiger partial charge in [0.2, 0.25) is 5.91 Å². The maximum absolute atomic E-state index is 12.5. The van der Waals surface area contributed by atoms with Gasteiger partial charge in [0.05, 0.1) is 11.6 Å². The largest absolute Gasteiger partial charge is 0.389 e. The molecule has 112 valence electrons. The van der Waals surface area contributed by atoms with Crippen molar-refractivity contribution >= 4 is 11.6 Å². The van der Waals surface area contributed by atoms with Gasteiger partial charge in [-0.3, -0.25) is 9.69 Å². The van der Waals surface area contributed by atoms with Crippen molar-refractivity contribution in [3.63, 3.8) is 0 Å². The number of hydrogen-bond donors (Lipinski definition) is 1. The lowest BCUT2D eigenvalue weighted by Crippen LogP contribution is -2.50. The van der Waals surface area contributed by atoms with Gasteiger partial charge in [-0.15, -0.1) is 0 Å². The van der Waals surface area contributed by atoms with Gasteiger partial charge in [-0.1, -0.05) is 25.1 Å². The molecule has 1 unspecified atom stereocenters. The topological polar surface area (TPSA) is 43.8 Å². The predicted molar refractivity (Wildman–Crippen MR) is 82.9 cm³/mol. The Morgan fingerprint density at radius 1 is 1.30 bits per heavy atom. The maximum Gasteiger partial charge on any atom is 0.243 e. The fourth-order valence-corrected chi connectivity index (χ4v) is 2.23. The van der Waals surface area contributed by atoms with Crippen LogP contribution >= 0.6 is 0 Å². The Labute approximate surface area is 122 Å². The van der Waals surface area contributed by atoms with E-state index in [9.17, 15) is 9.90 Å². The van der Waals surface area contributed by atoms with E-state index >= 15 is 0 Å². The van der Waals surface area contributed by atoms with Crippen LogP contribution in [0.25, 0.3) is 0 Å². The summed E-state index contributed by atoms with van der Waals surface area (Å²) in [6, 6.07) is 9.32. The van der Waals surface area contributed by atoms with Gasteiger partial charge >= 0.3 is 0 Å². The molecule has 1 N–H and O–H groups in total. The van der Waals surface area contributed by atoms with Crippen molar-refractivity contribution in [1.82, 2.24) is 4.90 Å². The molecule has 0 heterocycles. The third kappa shape index (κ3) is 4.62. The Morgan fingerprint density at radius 2 is 1.85 bits per heavy atom. The van der Waals surface area contributed by atoms with Crippen LogP contribution in [-0.4, -0.2) is 47.7 Å². The molecule has 0 radical (unpaired) electrons. The Hall–Kier alpha value is -1.39. The fourth-order valence-electron chi connectivity index (χ4n) is 2.23. The molecule has 4 heteroatoms. The maximum atomic E-state index is 12.5. The van der Waals surface area contributed by atoms with Crippen LogP contribution in [0.3, 0.4) is 0 Å². The quantitative estimate of drug-likeness (QED) is 0.867. The van der Waals surface area contributed by atoms with Crippen LogP contribution in [0, 0.1) is 0 Å². The minimum atomic E-state index is -0.810. The highest BCUT2D eigenvalue weighted by molar-refractivity contribution is 5.96. The first kappa shape index (κ1) is 16.7. The first-order valence-corrected chi connectivity index (χ1v) is 7.05. The fraction of sp³-hybridized carbons (Fsp3) is 0.562. The number of likely N-dealkylation sites (N-methyl/N-ethyl adjacent to an activating group) is 2. The zero-order valence-corrected chi connectivity index (χ0v) is 13.1. The summed E-state index contributed by atoms with van der Waals surface area (Å²) in [7, 11) is 1.78. The first-order valence-electron chi connectivity index (χ1n) is 7.05. The van der Waals surface area contributed by atoms with E-state index in [1.54, 1.807) is 25.8 Å². The molecule has 1 rings (SSSR count). The molecule has 0 aliphatic heterocycles. The van der Waals surface area contributed by atoms with Gasteiger partial charge in [-0.25, -0.2) is 0 Å². The molecular weight excluding hydrogens is 252 g/mol. The number of nitrogens with zero attached hydrogens (tertiary/aromatic N) is 2. The van der Waals surface area contributed by atoms with E-state index in [0.29, 0.717) is 6.54 Å². The molecule has 0 spiro atoms. The van der Waals surface area contributed by atoms with Crippen LogP contribution in [0.2, 0.25) is 0 Å². The summed E-state index contributed by atoms with van der Waals surface area (Å²) in [5.74, 6) is 0.0299. The van der Waals surface area contributed by atoms with Crippen molar-refractivity contribution in [2.45, 2.75) is 39.3 Å². The highest BCUT2D eigenvalue weighted by Crippen LogP contribution is 2.15. The molecule has 4 nitrogen and oxygen atoms in total. The van der Waals surface area contributed by atoms with Gasteiger partial charge in [0.1, 0.15) is 0 Å². The molecule has 1 atom stereocenters. The number of hydrogen-bond acceptors (Lipinski definition) is 3. The Bertz CT molecular complexity index is 426. The number of carbonyl (C=O) groups excluding carboxylic acids is 1. The molecule has 1 amide bonds. The smallest absolute Gasteiger partial charge is 0.243 e. The second kappa shape index (κ2) is 6.86. The van der Waals surface area contributed by atoms with Crippen molar-refractivity contribution in [1.29, 1.82) is 0 Å². The van der Waals surface area contributed by atoms with Crippen LogP contribution < -0.4 is 4.90 Å². The monoisotopic (exact) mass is 278 g/mol. The normalized spacial score (nSPS) is 13.3. The summed E-state index contributed by atoms with van der Waals surface area (Å²) in [6.45, 7) is 8.59. The highest BCUT2D eigenvalue weighted by Gasteiger charge is 2.27. The average Bonchev–Trinajstić information content (AvgIpc) is 2.42. The molecule has 0 aliphatic rings. The Kier molecular flexibility index (Phi) is 5.72. The van der Waals surface area contributed by atoms with Crippen LogP contribution in [0.5, 0.6) is 0 Å². The van der Waals surface area contributed by atoms with E-state index in [4.69, 9.17) is 0 Å². The number of aliphatic hydroxyl groups is 1. The van der Waals surface area contributed by atoms with E-state index in [2.05, 4.69) is 0 Å². The van der Waals surface area contributed by atoms with E-state index in [-0.39, 0.29) is 11.9 Å². The Balaban J connectivity index is 2.79. The third-order valence-corrected chi connectivity index (χ3v) is 3.38. The van der Waals surface area contributed by atoms with E-state index in [1.807, 2.05) is 49.1 Å². The molecule has 0 aromatic heterocycles. The number of anilines is 1. The molecular formula is C16H26N2O2. The van der Waals surface area contributed by atoms with Crippen LogP contribution in [-0.2, 0) is 4.79 Å². The molecule has 20 heavy (non-hydrogen) atoms. The molecule has 0 saturated heterocycles. The summed E-state index contributed by atoms with van der Waals surface area (Å²) in [4.78, 5) is 16.2. The molecule has 0 saturated carbocycles. The van der Waals surface area contributed by atoms with Gasteiger partial charge in [-0.2, -0.15) is 0 Å². The zero-order chi connectivity index (χ0) is 15.3. The van der Waals surface area contributed by atoms with Gasteiger partial charge in [0.25, 0.3) is 0 Å². The van der Waals surface area contributed by atoms with Crippen LogP contribution in [0.1, 0.15) is 27.7 Å². The molecule has 1 aromatic rings. The van der Waals surface area contributed by atoms with E-state index in [1.165, 1.54) is 0 Å². The van der Waals surface area contributed by atoms with Crippen LogP contribution in [0.15, 0.2) is 30.3 Å². The highest BCUT2D eigenvalue weighted by atomic mass is 16.3. The average molecular weight is 278 g/mol. The van der Waals surface area contributed by atoms with Crippen molar-refractivity contribution < 1.29 is 9.90 Å². The minimum Gasteiger partial charge on any atom is -0.389 e. The van der Waals surface area contributed by atoms with Gasteiger partial charge < -0.3 is 10.0 Å². The molecule has 0 aliphatic carbocycles. The summed E-state index contributed by atoms with van der Waals surface area (Å²) in [5.41, 5.74) is 0.0687. The summed E-state index contributed by atoms with van der Waals surface area (Å²) in [5, 5.41) is 9.94. The minimum absolute atomic E-state index is 0.0299. The van der Waals surface area contributed by atoms with Crippen molar-refractivity contribution in [2.75, 3.05) is 25.0 Å². The SMILES string of the molecule is CCN(CC(C)(C)O)C(C)C(=O)N(C)c1ccccc1. The standard InChI is InChI=1S/C16H26N2O2/c1-6-18(12-16(3,4)20)13(2)15(19)17(5)14-10-8-7-9-11-14/h7-11,13,20H,6,12H2,1-5H3. The summed E-state index contributed by atoms with van der Waals surface area (Å²) >= 11 is 0. The number of benzene rings is 1. The number of rotatable bonds is 6. The van der Waals surface area contributed by atoms with Crippen LogP contribution in [0.4, 0.5) is 5.69 Å². The van der Waals surface area contributed by atoms with Crippen molar-refractivity contribution in [3.05, 3.63) is 30.3 Å². The van der Waals surface area contributed by atoms with Gasteiger partial charge in [0, 0.05) is 19.3 Å². The first-order chi connectivity index (χ1) is 9.26. The van der Waals surface area contributed by atoms with Crippen molar-refractivity contribution in [2.24, 2.45) is 0 Å². The Morgan fingerprint density at radius 3 is 2.30 bits per heavy atom.